The molecule has 3 aromatic heterocycles. The Bertz CT molecular complexity index is 777. The fourth-order valence-corrected chi connectivity index (χ4v) is 2.70. The molecule has 0 atom stereocenters. The van der Waals surface area contributed by atoms with Gasteiger partial charge in [-0.15, -0.1) is 11.3 Å². The van der Waals surface area contributed by atoms with Gasteiger partial charge in [0.1, 0.15) is 17.2 Å². The van der Waals surface area contributed by atoms with E-state index >= 15 is 0 Å². The van der Waals surface area contributed by atoms with Crippen molar-refractivity contribution in [2.24, 2.45) is 7.05 Å². The average molecular weight is 298 g/mol. The van der Waals surface area contributed by atoms with E-state index in [1.807, 2.05) is 36.6 Å². The Balaban J connectivity index is 1.85. The monoisotopic (exact) mass is 298 g/mol. The normalized spacial score (nSPS) is 10.6. The number of aromatic nitrogens is 3. The lowest BCUT2D eigenvalue weighted by molar-refractivity contribution is 0.101. The number of nitrogens with zero attached hydrogens (tertiary/aromatic N) is 3. The summed E-state index contributed by atoms with van der Waals surface area (Å²) in [5.41, 5.74) is 2.16. The first-order valence-electron chi connectivity index (χ1n) is 6.46. The predicted molar refractivity (Wildman–Crippen MR) is 83.4 cm³/mol. The fourth-order valence-electron chi connectivity index (χ4n) is 2.02. The third-order valence-electron chi connectivity index (χ3n) is 3.02. The van der Waals surface area contributed by atoms with Crippen molar-refractivity contribution in [3.8, 4) is 10.6 Å². The smallest absolute Gasteiger partial charge is 0.275 e. The van der Waals surface area contributed by atoms with E-state index in [-0.39, 0.29) is 5.91 Å². The molecule has 0 unspecified atom stereocenters. The molecule has 0 aromatic carbocycles. The van der Waals surface area contributed by atoms with Crippen LogP contribution in [-0.4, -0.2) is 20.7 Å². The number of pyridine rings is 1. The van der Waals surface area contributed by atoms with Crippen molar-refractivity contribution < 1.29 is 4.79 Å². The molecule has 106 valence electrons. The molecule has 0 aliphatic rings. The quantitative estimate of drug-likeness (QED) is 0.808. The highest BCUT2D eigenvalue weighted by Gasteiger charge is 2.15. The number of hydrogen-bond donors (Lipinski definition) is 1. The molecule has 0 bridgehead atoms. The molecular weight excluding hydrogens is 284 g/mol. The third kappa shape index (κ3) is 2.85. The molecule has 21 heavy (non-hydrogen) atoms. The summed E-state index contributed by atoms with van der Waals surface area (Å²) in [6.45, 7) is 1.88. The average Bonchev–Trinajstić information content (AvgIpc) is 3.07. The summed E-state index contributed by atoms with van der Waals surface area (Å²) in [4.78, 5) is 17.6. The zero-order chi connectivity index (χ0) is 14.8. The summed E-state index contributed by atoms with van der Waals surface area (Å²) >= 11 is 1.60. The van der Waals surface area contributed by atoms with Crippen LogP contribution < -0.4 is 5.32 Å². The van der Waals surface area contributed by atoms with Crippen LogP contribution in [0, 0.1) is 6.92 Å². The van der Waals surface area contributed by atoms with E-state index in [1.165, 1.54) is 0 Å². The number of carbonyl (C=O) groups is 1. The van der Waals surface area contributed by atoms with E-state index in [9.17, 15) is 4.79 Å². The van der Waals surface area contributed by atoms with E-state index < -0.39 is 0 Å². The summed E-state index contributed by atoms with van der Waals surface area (Å²) in [7, 11) is 1.76. The fraction of sp³-hybridized carbons (Fsp3) is 0.133. The van der Waals surface area contributed by atoms with Gasteiger partial charge in [0.25, 0.3) is 5.91 Å². The van der Waals surface area contributed by atoms with Gasteiger partial charge in [0.05, 0.1) is 4.88 Å². The van der Waals surface area contributed by atoms with Gasteiger partial charge in [-0.25, -0.2) is 4.98 Å². The molecular formula is C15H14N4OS. The molecule has 3 aromatic rings. The van der Waals surface area contributed by atoms with Crippen LogP contribution in [0.5, 0.6) is 0 Å². The Kier molecular flexibility index (Phi) is 3.53. The van der Waals surface area contributed by atoms with Crippen molar-refractivity contribution in [2.45, 2.75) is 6.92 Å². The highest BCUT2D eigenvalue weighted by Crippen LogP contribution is 2.24. The Morgan fingerprint density at radius 1 is 1.29 bits per heavy atom. The maximum Gasteiger partial charge on any atom is 0.275 e. The van der Waals surface area contributed by atoms with Crippen molar-refractivity contribution in [3.63, 3.8) is 0 Å². The SMILES string of the molecule is Cc1cccc(NC(=O)c2cc(-c3cccs3)nn2C)n1. The van der Waals surface area contributed by atoms with Gasteiger partial charge in [0, 0.05) is 12.7 Å². The first-order valence-corrected chi connectivity index (χ1v) is 7.34. The van der Waals surface area contributed by atoms with E-state index in [2.05, 4.69) is 15.4 Å². The van der Waals surface area contributed by atoms with Crippen LogP contribution in [0.15, 0.2) is 41.8 Å². The van der Waals surface area contributed by atoms with Gasteiger partial charge >= 0.3 is 0 Å². The molecule has 6 heteroatoms. The molecule has 3 rings (SSSR count). The molecule has 0 saturated heterocycles. The van der Waals surface area contributed by atoms with E-state index in [1.54, 1.807) is 35.2 Å². The number of aryl methyl sites for hydroxylation is 2. The van der Waals surface area contributed by atoms with Crippen molar-refractivity contribution in [3.05, 3.63) is 53.2 Å². The van der Waals surface area contributed by atoms with Crippen molar-refractivity contribution >= 4 is 23.1 Å². The largest absolute Gasteiger partial charge is 0.305 e. The highest BCUT2D eigenvalue weighted by atomic mass is 32.1. The molecule has 1 amide bonds. The summed E-state index contributed by atoms with van der Waals surface area (Å²) in [6.07, 6.45) is 0. The molecule has 0 aliphatic carbocycles. The summed E-state index contributed by atoms with van der Waals surface area (Å²) in [5, 5.41) is 9.16. The number of rotatable bonds is 3. The summed E-state index contributed by atoms with van der Waals surface area (Å²) in [6, 6.07) is 11.2. The Labute approximate surface area is 126 Å². The standard InChI is InChI=1S/C15H14N4OS/c1-10-5-3-7-14(16-10)17-15(20)12-9-11(18-19(12)2)13-6-4-8-21-13/h3-9H,1-2H3,(H,16,17,20). The first kappa shape index (κ1) is 13.5. The van der Waals surface area contributed by atoms with Gasteiger partial charge in [0.2, 0.25) is 0 Å². The van der Waals surface area contributed by atoms with Gasteiger partial charge in [-0.05, 0) is 36.6 Å². The van der Waals surface area contributed by atoms with Crippen LogP contribution in [0.4, 0.5) is 5.82 Å². The Morgan fingerprint density at radius 2 is 2.14 bits per heavy atom. The first-order chi connectivity index (χ1) is 10.1. The number of thiophene rings is 1. The number of anilines is 1. The van der Waals surface area contributed by atoms with Crippen molar-refractivity contribution in [1.82, 2.24) is 14.8 Å². The third-order valence-corrected chi connectivity index (χ3v) is 3.91. The van der Waals surface area contributed by atoms with Crippen molar-refractivity contribution in [2.75, 3.05) is 5.32 Å². The van der Waals surface area contributed by atoms with Crippen LogP contribution in [0.25, 0.3) is 10.6 Å². The maximum atomic E-state index is 12.3. The van der Waals surface area contributed by atoms with Crippen LogP contribution in [0.3, 0.4) is 0 Å². The lowest BCUT2D eigenvalue weighted by Gasteiger charge is -2.04. The lowest BCUT2D eigenvalue weighted by Crippen LogP contribution is -2.16. The van der Waals surface area contributed by atoms with Crippen LogP contribution in [0.2, 0.25) is 0 Å². The Morgan fingerprint density at radius 3 is 2.86 bits per heavy atom. The van der Waals surface area contributed by atoms with Gasteiger partial charge in [-0.3, -0.25) is 9.48 Å². The molecule has 1 N–H and O–H groups in total. The number of carbonyl (C=O) groups excluding carboxylic acids is 1. The van der Waals surface area contributed by atoms with Crippen LogP contribution in [-0.2, 0) is 7.05 Å². The number of nitrogens with one attached hydrogen (secondary N) is 1. The molecule has 0 saturated carbocycles. The van der Waals surface area contributed by atoms with Gasteiger partial charge in [-0.1, -0.05) is 12.1 Å². The second-order valence-corrected chi connectivity index (χ2v) is 5.58. The van der Waals surface area contributed by atoms with E-state index in [4.69, 9.17) is 0 Å². The van der Waals surface area contributed by atoms with Gasteiger partial charge in [-0.2, -0.15) is 5.10 Å². The molecule has 0 aliphatic heterocycles. The van der Waals surface area contributed by atoms with E-state index in [0.717, 1.165) is 16.3 Å². The zero-order valence-electron chi connectivity index (χ0n) is 11.7. The topological polar surface area (TPSA) is 59.8 Å². The number of amides is 1. The molecule has 0 spiro atoms. The predicted octanol–water partition coefficient (Wildman–Crippen LogP) is 3.10. The summed E-state index contributed by atoms with van der Waals surface area (Å²) in [5.74, 6) is 0.324. The second kappa shape index (κ2) is 5.49. The Hall–Kier alpha value is -2.47. The molecule has 5 nitrogen and oxygen atoms in total. The van der Waals surface area contributed by atoms with Crippen LogP contribution in [0.1, 0.15) is 16.2 Å². The zero-order valence-corrected chi connectivity index (χ0v) is 12.5. The van der Waals surface area contributed by atoms with Gasteiger partial charge in [0.15, 0.2) is 0 Å². The summed E-state index contributed by atoms with van der Waals surface area (Å²) < 4.78 is 1.58. The van der Waals surface area contributed by atoms with E-state index in [0.29, 0.717) is 11.5 Å². The minimum atomic E-state index is -0.217. The minimum Gasteiger partial charge on any atom is -0.305 e. The molecule has 0 radical (unpaired) electrons. The second-order valence-electron chi connectivity index (χ2n) is 4.63. The minimum absolute atomic E-state index is 0.217. The molecule has 3 heterocycles. The van der Waals surface area contributed by atoms with Gasteiger partial charge < -0.3 is 5.32 Å². The maximum absolute atomic E-state index is 12.3. The van der Waals surface area contributed by atoms with Crippen molar-refractivity contribution in [1.29, 1.82) is 0 Å². The number of hydrogen-bond acceptors (Lipinski definition) is 4. The molecule has 0 fully saturated rings. The van der Waals surface area contributed by atoms with Crippen LogP contribution >= 0.6 is 11.3 Å². The lowest BCUT2D eigenvalue weighted by atomic mass is 10.3. The highest BCUT2D eigenvalue weighted by molar-refractivity contribution is 7.13.